The second-order valence-electron chi connectivity index (χ2n) is 3.29. The van der Waals surface area contributed by atoms with Crippen molar-refractivity contribution in [2.75, 3.05) is 20.1 Å². The molecule has 1 heterocycles. The first-order valence-corrected chi connectivity index (χ1v) is 4.26. The van der Waals surface area contributed by atoms with Crippen molar-refractivity contribution in [3.63, 3.8) is 0 Å². The third-order valence-electron chi connectivity index (χ3n) is 2.07. The fourth-order valence-corrected chi connectivity index (χ4v) is 1.17. The zero-order valence-corrected chi connectivity index (χ0v) is 7.86. The largest absolute Gasteiger partial charge is 0.393 e. The number of imide groups is 1. The Balaban J connectivity index is 2.45. The molecule has 0 spiro atoms. The van der Waals surface area contributed by atoms with E-state index in [0.717, 1.165) is 4.90 Å². The van der Waals surface area contributed by atoms with Gasteiger partial charge in [-0.1, -0.05) is 0 Å². The standard InChI is InChI=1S/C8H14N2O3/c1-6(11)3-4-10-5-7(12)9(2)8(10)13/h6,11H,3-5H2,1-2H3. The SMILES string of the molecule is CC(O)CCN1CC(=O)N(C)C1=O. The molecule has 0 aromatic rings. The highest BCUT2D eigenvalue weighted by molar-refractivity contribution is 6.01. The van der Waals surface area contributed by atoms with Crippen molar-refractivity contribution in [3.05, 3.63) is 0 Å². The second-order valence-corrected chi connectivity index (χ2v) is 3.29. The number of carbonyl (C=O) groups excluding carboxylic acids is 2. The van der Waals surface area contributed by atoms with E-state index in [0.29, 0.717) is 13.0 Å². The Morgan fingerprint density at radius 1 is 1.54 bits per heavy atom. The van der Waals surface area contributed by atoms with Crippen LogP contribution in [0.1, 0.15) is 13.3 Å². The number of hydrogen-bond acceptors (Lipinski definition) is 3. The first-order chi connectivity index (χ1) is 6.02. The Hall–Kier alpha value is -1.10. The Labute approximate surface area is 76.9 Å². The zero-order chi connectivity index (χ0) is 10.0. The van der Waals surface area contributed by atoms with Crippen LogP contribution in [0.15, 0.2) is 0 Å². The third-order valence-corrected chi connectivity index (χ3v) is 2.07. The Morgan fingerprint density at radius 2 is 2.15 bits per heavy atom. The summed E-state index contributed by atoms with van der Waals surface area (Å²) in [6.07, 6.45) is 0.0705. The number of nitrogens with zero attached hydrogens (tertiary/aromatic N) is 2. The van der Waals surface area contributed by atoms with Crippen LogP contribution >= 0.6 is 0 Å². The number of carbonyl (C=O) groups is 2. The molecule has 1 rings (SSSR count). The number of amides is 3. The van der Waals surface area contributed by atoms with Gasteiger partial charge >= 0.3 is 6.03 Å². The van der Waals surface area contributed by atoms with Gasteiger partial charge in [0.05, 0.1) is 6.10 Å². The van der Waals surface area contributed by atoms with Gasteiger partial charge in [-0.05, 0) is 13.3 Å². The summed E-state index contributed by atoms with van der Waals surface area (Å²) in [6.45, 7) is 2.24. The zero-order valence-electron chi connectivity index (χ0n) is 7.86. The minimum Gasteiger partial charge on any atom is -0.393 e. The Morgan fingerprint density at radius 3 is 2.54 bits per heavy atom. The van der Waals surface area contributed by atoms with E-state index in [-0.39, 0.29) is 18.5 Å². The molecule has 1 N–H and O–H groups in total. The second kappa shape index (κ2) is 3.74. The summed E-state index contributed by atoms with van der Waals surface area (Å²) in [5.41, 5.74) is 0. The van der Waals surface area contributed by atoms with Crippen molar-refractivity contribution in [2.24, 2.45) is 0 Å². The third kappa shape index (κ3) is 2.18. The summed E-state index contributed by atoms with van der Waals surface area (Å²) >= 11 is 0. The van der Waals surface area contributed by atoms with Gasteiger partial charge in [0.1, 0.15) is 6.54 Å². The maximum absolute atomic E-state index is 11.3. The number of likely N-dealkylation sites (N-methyl/N-ethyl adjacent to an activating group) is 1. The van der Waals surface area contributed by atoms with E-state index in [1.807, 2.05) is 0 Å². The summed E-state index contributed by atoms with van der Waals surface area (Å²) in [6, 6.07) is -0.273. The maximum atomic E-state index is 11.3. The van der Waals surface area contributed by atoms with E-state index in [1.165, 1.54) is 11.9 Å². The highest BCUT2D eigenvalue weighted by atomic mass is 16.3. The molecule has 0 saturated carbocycles. The molecule has 74 valence electrons. The van der Waals surface area contributed by atoms with Gasteiger partial charge in [0.2, 0.25) is 5.91 Å². The number of hydrogen-bond donors (Lipinski definition) is 1. The number of aliphatic hydroxyl groups is 1. The number of aliphatic hydroxyl groups excluding tert-OH is 1. The monoisotopic (exact) mass is 186 g/mol. The predicted molar refractivity (Wildman–Crippen MR) is 46.0 cm³/mol. The van der Waals surface area contributed by atoms with Gasteiger partial charge in [-0.2, -0.15) is 0 Å². The lowest BCUT2D eigenvalue weighted by molar-refractivity contribution is -0.124. The van der Waals surface area contributed by atoms with Crippen molar-refractivity contribution < 1.29 is 14.7 Å². The molecule has 0 radical (unpaired) electrons. The summed E-state index contributed by atoms with van der Waals surface area (Å²) in [7, 11) is 1.47. The first kappa shape index (κ1) is 9.98. The molecule has 0 aromatic carbocycles. The summed E-state index contributed by atoms with van der Waals surface area (Å²) < 4.78 is 0. The minimum atomic E-state index is -0.436. The van der Waals surface area contributed by atoms with Gasteiger partial charge in [-0.3, -0.25) is 9.69 Å². The van der Waals surface area contributed by atoms with Crippen LogP contribution in [0.25, 0.3) is 0 Å². The van der Waals surface area contributed by atoms with Crippen molar-refractivity contribution in [1.82, 2.24) is 9.80 Å². The van der Waals surface area contributed by atoms with Crippen molar-refractivity contribution in [3.8, 4) is 0 Å². The molecule has 1 aliphatic heterocycles. The molecule has 5 nitrogen and oxygen atoms in total. The van der Waals surface area contributed by atoms with Gasteiger partial charge < -0.3 is 10.0 Å². The molecule has 1 fully saturated rings. The molecule has 0 aliphatic carbocycles. The first-order valence-electron chi connectivity index (χ1n) is 4.26. The van der Waals surface area contributed by atoms with Crippen LogP contribution in [-0.4, -0.2) is 53.1 Å². The summed E-state index contributed by atoms with van der Waals surface area (Å²) in [5.74, 6) is -0.185. The van der Waals surface area contributed by atoms with E-state index >= 15 is 0 Å². The van der Waals surface area contributed by atoms with E-state index in [4.69, 9.17) is 5.11 Å². The smallest absolute Gasteiger partial charge is 0.326 e. The highest BCUT2D eigenvalue weighted by Crippen LogP contribution is 2.08. The molecule has 0 aromatic heterocycles. The molecular formula is C8H14N2O3. The van der Waals surface area contributed by atoms with Crippen LogP contribution in [0.3, 0.4) is 0 Å². The maximum Gasteiger partial charge on any atom is 0.326 e. The minimum absolute atomic E-state index is 0.141. The molecule has 1 aliphatic rings. The average Bonchev–Trinajstić information content (AvgIpc) is 2.29. The van der Waals surface area contributed by atoms with Gasteiger partial charge in [-0.25, -0.2) is 4.79 Å². The van der Waals surface area contributed by atoms with Crippen LogP contribution in [0.2, 0.25) is 0 Å². The molecule has 1 unspecified atom stereocenters. The summed E-state index contributed by atoms with van der Waals surface area (Å²) in [5, 5.41) is 8.99. The van der Waals surface area contributed by atoms with Gasteiger partial charge in [-0.15, -0.1) is 0 Å². The fourth-order valence-electron chi connectivity index (χ4n) is 1.17. The summed E-state index contributed by atoms with van der Waals surface area (Å²) in [4.78, 5) is 24.9. The number of urea groups is 1. The highest BCUT2D eigenvalue weighted by Gasteiger charge is 2.32. The lowest BCUT2D eigenvalue weighted by atomic mass is 10.3. The van der Waals surface area contributed by atoms with Crippen LogP contribution in [0.4, 0.5) is 4.79 Å². The molecule has 13 heavy (non-hydrogen) atoms. The molecule has 3 amide bonds. The van der Waals surface area contributed by atoms with Crippen LogP contribution in [-0.2, 0) is 4.79 Å². The molecule has 5 heteroatoms. The van der Waals surface area contributed by atoms with E-state index < -0.39 is 6.10 Å². The molecular weight excluding hydrogens is 172 g/mol. The average molecular weight is 186 g/mol. The molecule has 0 bridgehead atoms. The fraction of sp³-hybridized carbons (Fsp3) is 0.750. The van der Waals surface area contributed by atoms with Gasteiger partial charge in [0.25, 0.3) is 0 Å². The Kier molecular flexibility index (Phi) is 2.87. The normalized spacial score (nSPS) is 19.9. The van der Waals surface area contributed by atoms with Crippen LogP contribution in [0, 0.1) is 0 Å². The molecule has 1 saturated heterocycles. The van der Waals surface area contributed by atoms with Gasteiger partial charge in [0.15, 0.2) is 0 Å². The van der Waals surface area contributed by atoms with Crippen molar-refractivity contribution in [1.29, 1.82) is 0 Å². The van der Waals surface area contributed by atoms with E-state index in [2.05, 4.69) is 0 Å². The van der Waals surface area contributed by atoms with Crippen molar-refractivity contribution in [2.45, 2.75) is 19.4 Å². The van der Waals surface area contributed by atoms with Crippen LogP contribution < -0.4 is 0 Å². The number of rotatable bonds is 3. The van der Waals surface area contributed by atoms with Crippen LogP contribution in [0.5, 0.6) is 0 Å². The topological polar surface area (TPSA) is 60.9 Å². The Bertz CT molecular complexity index is 227. The quantitative estimate of drug-likeness (QED) is 0.613. The van der Waals surface area contributed by atoms with E-state index in [1.54, 1.807) is 6.92 Å². The van der Waals surface area contributed by atoms with Gasteiger partial charge in [0, 0.05) is 13.6 Å². The lowest BCUT2D eigenvalue weighted by Crippen LogP contribution is -2.31. The van der Waals surface area contributed by atoms with Crippen molar-refractivity contribution >= 4 is 11.9 Å². The lowest BCUT2D eigenvalue weighted by Gasteiger charge is -2.15. The van der Waals surface area contributed by atoms with E-state index in [9.17, 15) is 9.59 Å². The molecule has 1 atom stereocenters. The predicted octanol–water partition coefficient (Wildman–Crippen LogP) is -0.349.